The number of thioether (sulfide) groups is 1. The normalized spacial score (nSPS) is 16.8. The molecule has 0 unspecified atom stereocenters. The molecule has 0 saturated carbocycles. The molecule has 2 heterocycles. The minimum atomic E-state index is -0.523. The molecule has 0 aromatic heterocycles. The number of hydrogen-bond acceptors (Lipinski definition) is 7. The van der Waals surface area contributed by atoms with Crippen LogP contribution in [0.1, 0.15) is 25.5 Å². The maximum absolute atomic E-state index is 12.9. The zero-order valence-electron chi connectivity index (χ0n) is 18.4. The van der Waals surface area contributed by atoms with E-state index in [4.69, 9.17) is 21.1 Å². The highest BCUT2D eigenvalue weighted by molar-refractivity contribution is 9.10. The molecule has 2 aromatic rings. The van der Waals surface area contributed by atoms with Crippen LogP contribution in [0.25, 0.3) is 0 Å². The van der Waals surface area contributed by atoms with Crippen LogP contribution in [0.15, 0.2) is 74.8 Å². The lowest BCUT2D eigenvalue weighted by Gasteiger charge is -2.34. The first-order valence-electron chi connectivity index (χ1n) is 10.4. The summed E-state index contributed by atoms with van der Waals surface area (Å²) in [7, 11) is 0. The molecule has 0 aliphatic carbocycles. The van der Waals surface area contributed by atoms with Crippen molar-refractivity contribution in [3.05, 3.63) is 80.4 Å². The van der Waals surface area contributed by atoms with E-state index in [1.54, 1.807) is 44.2 Å². The molecule has 2 aliphatic heterocycles. The van der Waals surface area contributed by atoms with Gasteiger partial charge in [-0.2, -0.15) is 0 Å². The van der Waals surface area contributed by atoms with Gasteiger partial charge in [-0.25, -0.2) is 9.79 Å². The second-order valence-corrected chi connectivity index (χ2v) is 9.58. The fourth-order valence-corrected chi connectivity index (χ4v) is 4.91. The number of halogens is 2. The van der Waals surface area contributed by atoms with Crippen molar-refractivity contribution >= 4 is 62.0 Å². The Bertz CT molecular complexity index is 1210. The van der Waals surface area contributed by atoms with E-state index in [-0.39, 0.29) is 19.1 Å². The van der Waals surface area contributed by atoms with E-state index in [0.717, 1.165) is 9.64 Å². The summed E-state index contributed by atoms with van der Waals surface area (Å²) in [5.41, 5.74) is 2.32. The van der Waals surface area contributed by atoms with Crippen LogP contribution in [0.4, 0.5) is 5.69 Å². The third kappa shape index (κ3) is 5.32. The zero-order chi connectivity index (χ0) is 24.2. The Morgan fingerprint density at radius 3 is 2.74 bits per heavy atom. The first-order valence-corrected chi connectivity index (χ1v) is 12.5. The smallest absolute Gasteiger partial charge is 0.338 e. The number of esters is 1. The number of amidine groups is 1. The molecular formula is C24H21BrClN3O4S. The highest BCUT2D eigenvalue weighted by atomic mass is 79.9. The zero-order valence-corrected chi connectivity index (χ0v) is 21.5. The highest BCUT2D eigenvalue weighted by Gasteiger charge is 2.39. The minimum Gasteiger partial charge on any atom is -0.483 e. The molecule has 1 N–H and O–H groups in total. The summed E-state index contributed by atoms with van der Waals surface area (Å²) < 4.78 is 12.1. The van der Waals surface area contributed by atoms with Gasteiger partial charge in [-0.05, 0) is 61.7 Å². The highest BCUT2D eigenvalue weighted by Crippen LogP contribution is 2.44. The van der Waals surface area contributed by atoms with E-state index in [9.17, 15) is 9.59 Å². The summed E-state index contributed by atoms with van der Waals surface area (Å²) in [6.07, 6.45) is 1.87. The van der Waals surface area contributed by atoms with Gasteiger partial charge < -0.3 is 19.7 Å². The van der Waals surface area contributed by atoms with Gasteiger partial charge in [0.05, 0.1) is 23.9 Å². The van der Waals surface area contributed by atoms with Gasteiger partial charge in [-0.1, -0.05) is 39.3 Å². The number of hydrogen-bond donors (Lipinski definition) is 1. The minimum absolute atomic E-state index is 0.215. The lowest BCUT2D eigenvalue weighted by Crippen LogP contribution is -2.34. The lowest BCUT2D eigenvalue weighted by atomic mass is 9.94. The first kappa shape index (κ1) is 24.4. The van der Waals surface area contributed by atoms with Crippen molar-refractivity contribution in [2.75, 3.05) is 18.5 Å². The predicted octanol–water partition coefficient (Wildman–Crippen LogP) is 5.89. The van der Waals surface area contributed by atoms with Crippen molar-refractivity contribution < 1.29 is 19.1 Å². The summed E-state index contributed by atoms with van der Waals surface area (Å²) >= 11 is 10.9. The Morgan fingerprint density at radius 1 is 1.24 bits per heavy atom. The number of aliphatic imine (C=N–C) groups is 1. The molecule has 2 aromatic carbocycles. The number of rotatable bonds is 7. The third-order valence-electron chi connectivity index (χ3n) is 5.07. The number of nitrogens with zero attached hydrogens (tertiary/aromatic N) is 2. The van der Waals surface area contributed by atoms with Gasteiger partial charge in [0.25, 0.3) is 5.91 Å². The van der Waals surface area contributed by atoms with E-state index >= 15 is 0 Å². The number of carbonyl (C=O) groups is 2. The SMILES string of the molecule is CCOC(=O)C1=C(C)N=C2SC=CN2[C@@H]1c1cc(Br)ccc1OCC(=O)Nc1ccc(Cl)cc1. The van der Waals surface area contributed by atoms with E-state index in [2.05, 4.69) is 26.2 Å². The average molecular weight is 563 g/mol. The van der Waals surface area contributed by atoms with Gasteiger partial charge in [0.15, 0.2) is 11.8 Å². The summed E-state index contributed by atoms with van der Waals surface area (Å²) in [6, 6.07) is 11.8. The van der Waals surface area contributed by atoms with Crippen molar-refractivity contribution in [3.63, 3.8) is 0 Å². The molecule has 0 radical (unpaired) electrons. The summed E-state index contributed by atoms with van der Waals surface area (Å²) in [4.78, 5) is 31.9. The van der Waals surface area contributed by atoms with Crippen LogP contribution in [0.2, 0.25) is 5.02 Å². The summed E-state index contributed by atoms with van der Waals surface area (Å²) in [5.74, 6) is -0.291. The molecular weight excluding hydrogens is 542 g/mol. The maximum Gasteiger partial charge on any atom is 0.338 e. The molecule has 0 spiro atoms. The van der Waals surface area contributed by atoms with E-state index < -0.39 is 12.0 Å². The number of amides is 1. The molecule has 1 atom stereocenters. The van der Waals surface area contributed by atoms with Crippen LogP contribution in [0.3, 0.4) is 0 Å². The average Bonchev–Trinajstić information content (AvgIpc) is 3.27. The fourth-order valence-electron chi connectivity index (χ4n) is 3.61. The Kier molecular flexibility index (Phi) is 7.65. The molecule has 10 heteroatoms. The van der Waals surface area contributed by atoms with Gasteiger partial charge in [-0.15, -0.1) is 0 Å². The number of ether oxygens (including phenoxy) is 2. The number of allylic oxidation sites excluding steroid dienone is 1. The maximum atomic E-state index is 12.9. The van der Waals surface area contributed by atoms with Crippen molar-refractivity contribution in [3.8, 4) is 5.75 Å². The molecule has 2 aliphatic rings. The summed E-state index contributed by atoms with van der Waals surface area (Å²) in [6.45, 7) is 3.59. The van der Waals surface area contributed by atoms with Crippen LogP contribution in [-0.4, -0.2) is 35.2 Å². The van der Waals surface area contributed by atoms with Gasteiger partial charge in [-0.3, -0.25) is 4.79 Å². The number of anilines is 1. The second-order valence-electron chi connectivity index (χ2n) is 7.35. The summed E-state index contributed by atoms with van der Waals surface area (Å²) in [5, 5.41) is 6.02. The molecule has 4 rings (SSSR count). The molecule has 1 amide bonds. The standard InChI is InChI=1S/C24H21BrClN3O4S/c1-3-32-23(31)21-14(2)27-24-29(10-11-34-24)22(21)18-12-15(25)4-9-19(18)33-13-20(30)28-17-7-5-16(26)6-8-17/h4-12,22H,3,13H2,1-2H3,(H,28,30)/t22-/m1/s1. The van der Waals surface area contributed by atoms with Gasteiger partial charge in [0.2, 0.25) is 0 Å². The Hall–Kier alpha value is -2.75. The Balaban J connectivity index is 1.63. The molecule has 0 saturated heterocycles. The van der Waals surface area contributed by atoms with Crippen LogP contribution < -0.4 is 10.1 Å². The molecule has 7 nitrogen and oxygen atoms in total. The Labute approximate surface area is 215 Å². The van der Waals surface area contributed by atoms with E-state index in [0.29, 0.717) is 33.3 Å². The third-order valence-corrected chi connectivity index (χ3v) is 6.58. The lowest BCUT2D eigenvalue weighted by molar-refractivity contribution is -0.139. The van der Waals surface area contributed by atoms with Crippen molar-refractivity contribution in [1.82, 2.24) is 4.90 Å². The van der Waals surface area contributed by atoms with Crippen LogP contribution in [0, 0.1) is 0 Å². The second kappa shape index (κ2) is 10.7. The molecule has 176 valence electrons. The van der Waals surface area contributed by atoms with Crippen LogP contribution in [0.5, 0.6) is 5.75 Å². The quantitative estimate of drug-likeness (QED) is 0.424. The number of carbonyl (C=O) groups excluding carboxylic acids is 2. The molecule has 0 bridgehead atoms. The first-order chi connectivity index (χ1) is 16.4. The van der Waals surface area contributed by atoms with Crippen molar-refractivity contribution in [1.29, 1.82) is 0 Å². The van der Waals surface area contributed by atoms with E-state index in [1.807, 2.05) is 28.6 Å². The fraction of sp³-hybridized carbons (Fsp3) is 0.208. The topological polar surface area (TPSA) is 80.2 Å². The predicted molar refractivity (Wildman–Crippen MR) is 138 cm³/mol. The largest absolute Gasteiger partial charge is 0.483 e. The van der Waals surface area contributed by atoms with Crippen LogP contribution in [-0.2, 0) is 14.3 Å². The van der Waals surface area contributed by atoms with Crippen molar-refractivity contribution in [2.24, 2.45) is 4.99 Å². The number of nitrogens with one attached hydrogen (secondary N) is 1. The monoisotopic (exact) mass is 561 g/mol. The van der Waals surface area contributed by atoms with E-state index in [1.165, 1.54) is 11.8 Å². The van der Waals surface area contributed by atoms with Crippen molar-refractivity contribution in [2.45, 2.75) is 19.9 Å². The number of fused-ring (bicyclic) bond motifs is 1. The molecule has 34 heavy (non-hydrogen) atoms. The van der Waals surface area contributed by atoms with Gasteiger partial charge in [0, 0.05) is 26.9 Å². The Morgan fingerprint density at radius 2 is 2.00 bits per heavy atom. The van der Waals surface area contributed by atoms with Crippen LogP contribution >= 0.6 is 39.3 Å². The molecule has 0 fully saturated rings. The van der Waals surface area contributed by atoms with Gasteiger partial charge >= 0.3 is 5.97 Å². The van der Waals surface area contributed by atoms with Gasteiger partial charge in [0.1, 0.15) is 5.75 Å². The number of benzene rings is 2.